The number of nitrogens with one attached hydrogen (secondary N) is 1. The van der Waals surface area contributed by atoms with Gasteiger partial charge in [-0.05, 0) is 42.3 Å². The molecule has 140 valence electrons. The number of ether oxygens (including phenoxy) is 1. The second kappa shape index (κ2) is 7.36. The van der Waals surface area contributed by atoms with Crippen LogP contribution < -0.4 is 9.46 Å². The Labute approximate surface area is 156 Å². The van der Waals surface area contributed by atoms with E-state index in [9.17, 15) is 17.2 Å². The monoisotopic (exact) mass is 389 g/mol. The topological polar surface area (TPSA) is 55.4 Å². The van der Waals surface area contributed by atoms with Gasteiger partial charge in [-0.1, -0.05) is 30.3 Å². The Hall–Kier alpha value is -2.93. The maximum Gasteiger partial charge on any atom is 0.261 e. The number of benzene rings is 3. The van der Waals surface area contributed by atoms with E-state index < -0.39 is 21.7 Å². The molecule has 0 aliphatic carbocycles. The van der Waals surface area contributed by atoms with Crippen molar-refractivity contribution in [2.45, 2.75) is 11.8 Å². The van der Waals surface area contributed by atoms with Gasteiger partial charge in [0.05, 0.1) is 17.7 Å². The highest BCUT2D eigenvalue weighted by Gasteiger charge is 2.19. The molecule has 0 saturated carbocycles. The highest BCUT2D eigenvalue weighted by Crippen LogP contribution is 2.34. The third-order valence-corrected chi connectivity index (χ3v) is 5.46. The minimum Gasteiger partial charge on any atom is -0.496 e. The van der Waals surface area contributed by atoms with Gasteiger partial charge >= 0.3 is 0 Å². The van der Waals surface area contributed by atoms with Crippen LogP contribution in [0.15, 0.2) is 65.6 Å². The van der Waals surface area contributed by atoms with Crippen LogP contribution >= 0.6 is 0 Å². The lowest BCUT2D eigenvalue weighted by molar-refractivity contribution is 0.412. The summed E-state index contributed by atoms with van der Waals surface area (Å²) in [6, 6.07) is 14.5. The maximum absolute atomic E-state index is 13.9. The molecule has 0 atom stereocenters. The highest BCUT2D eigenvalue weighted by atomic mass is 32.2. The van der Waals surface area contributed by atoms with Gasteiger partial charge in [0.15, 0.2) is 11.6 Å². The molecule has 7 heteroatoms. The average molecular weight is 389 g/mol. The number of hydrogen-bond donors (Lipinski definition) is 1. The van der Waals surface area contributed by atoms with Gasteiger partial charge in [0, 0.05) is 11.6 Å². The lowest BCUT2D eigenvalue weighted by atomic mass is 10.0. The van der Waals surface area contributed by atoms with Crippen LogP contribution in [0.3, 0.4) is 0 Å². The van der Waals surface area contributed by atoms with E-state index in [1.165, 1.54) is 19.2 Å². The van der Waals surface area contributed by atoms with Crippen molar-refractivity contribution in [3.05, 3.63) is 77.9 Å². The van der Waals surface area contributed by atoms with E-state index >= 15 is 0 Å². The predicted molar refractivity (Wildman–Crippen MR) is 100 cm³/mol. The van der Waals surface area contributed by atoms with Crippen LogP contribution in [-0.2, 0) is 10.0 Å². The molecular weight excluding hydrogens is 372 g/mol. The summed E-state index contributed by atoms with van der Waals surface area (Å²) in [4.78, 5) is 0.0159. The van der Waals surface area contributed by atoms with E-state index in [2.05, 4.69) is 4.72 Å². The number of sulfonamides is 1. The van der Waals surface area contributed by atoms with E-state index in [0.29, 0.717) is 11.3 Å². The molecule has 0 spiro atoms. The molecule has 0 heterocycles. The Balaban J connectivity index is 2.12. The first kappa shape index (κ1) is 18.8. The summed E-state index contributed by atoms with van der Waals surface area (Å²) in [5, 5.41) is 0. The number of hydrogen-bond acceptors (Lipinski definition) is 3. The molecule has 27 heavy (non-hydrogen) atoms. The molecule has 1 N–H and O–H groups in total. The van der Waals surface area contributed by atoms with Crippen LogP contribution in [0.5, 0.6) is 5.75 Å². The Morgan fingerprint density at radius 3 is 2.26 bits per heavy atom. The van der Waals surface area contributed by atoms with Gasteiger partial charge in [-0.25, -0.2) is 17.2 Å². The molecule has 0 unspecified atom stereocenters. The van der Waals surface area contributed by atoms with Gasteiger partial charge in [0.1, 0.15) is 5.75 Å². The fourth-order valence-electron chi connectivity index (χ4n) is 2.66. The van der Waals surface area contributed by atoms with Gasteiger partial charge in [0.25, 0.3) is 10.0 Å². The molecular formula is C20H17F2NO3S. The van der Waals surface area contributed by atoms with Crippen molar-refractivity contribution < 1.29 is 21.9 Å². The van der Waals surface area contributed by atoms with E-state index in [1.54, 1.807) is 36.4 Å². The predicted octanol–water partition coefficient (Wildman–Crippen LogP) is 4.75. The number of halogens is 2. The summed E-state index contributed by atoms with van der Waals surface area (Å²) in [5.74, 6) is -1.68. The summed E-state index contributed by atoms with van der Waals surface area (Å²) in [5.41, 5.74) is 1.48. The van der Waals surface area contributed by atoms with Crippen molar-refractivity contribution in [3.63, 3.8) is 0 Å². The van der Waals surface area contributed by atoms with Crippen LogP contribution in [0, 0.1) is 18.6 Å². The maximum atomic E-state index is 13.9. The minimum absolute atomic E-state index is 0.0159. The number of rotatable bonds is 5. The highest BCUT2D eigenvalue weighted by molar-refractivity contribution is 7.92. The van der Waals surface area contributed by atoms with E-state index in [-0.39, 0.29) is 16.1 Å². The largest absolute Gasteiger partial charge is 0.496 e. The van der Waals surface area contributed by atoms with Crippen molar-refractivity contribution in [2.24, 2.45) is 0 Å². The molecule has 3 aromatic carbocycles. The Morgan fingerprint density at radius 1 is 0.926 bits per heavy atom. The fraction of sp³-hybridized carbons (Fsp3) is 0.100. The lowest BCUT2D eigenvalue weighted by Crippen LogP contribution is -2.14. The normalized spacial score (nSPS) is 11.3. The molecule has 0 saturated heterocycles. The second-order valence-electron chi connectivity index (χ2n) is 5.91. The SMILES string of the molecule is COc1cc(-c2cc(F)c(F)cc2NS(=O)(=O)c2ccccc2)ccc1C. The quantitative estimate of drug-likeness (QED) is 0.685. The van der Waals surface area contributed by atoms with Gasteiger partial charge in [0.2, 0.25) is 0 Å². The van der Waals surface area contributed by atoms with Gasteiger partial charge < -0.3 is 4.74 Å². The standard InChI is InChI=1S/C20H17F2NO3S/c1-13-8-9-14(10-20(13)26-2)16-11-17(21)18(22)12-19(16)23-27(24,25)15-6-4-3-5-7-15/h3-12,23H,1-2H3. The summed E-state index contributed by atoms with van der Waals surface area (Å²) >= 11 is 0. The number of anilines is 1. The van der Waals surface area contributed by atoms with Crippen molar-refractivity contribution in [1.82, 2.24) is 0 Å². The van der Waals surface area contributed by atoms with E-state index in [1.807, 2.05) is 6.92 Å². The lowest BCUT2D eigenvalue weighted by Gasteiger charge is -2.15. The van der Waals surface area contributed by atoms with Gasteiger partial charge in [-0.15, -0.1) is 0 Å². The first-order valence-corrected chi connectivity index (χ1v) is 9.52. The molecule has 0 fully saturated rings. The first-order chi connectivity index (χ1) is 12.8. The number of aryl methyl sites for hydroxylation is 1. The van der Waals surface area contributed by atoms with Crippen molar-refractivity contribution in [1.29, 1.82) is 0 Å². The molecule has 0 aromatic heterocycles. The van der Waals surface area contributed by atoms with Crippen molar-refractivity contribution in [3.8, 4) is 16.9 Å². The van der Waals surface area contributed by atoms with Crippen LogP contribution in [0.25, 0.3) is 11.1 Å². The summed E-state index contributed by atoms with van der Waals surface area (Å²) in [6.45, 7) is 1.84. The molecule has 0 radical (unpaired) electrons. The zero-order chi connectivity index (χ0) is 19.6. The third-order valence-electron chi connectivity index (χ3n) is 4.08. The summed E-state index contributed by atoms with van der Waals surface area (Å²) < 4.78 is 60.5. The zero-order valence-electron chi connectivity index (χ0n) is 14.7. The smallest absolute Gasteiger partial charge is 0.261 e. The molecule has 0 bridgehead atoms. The Bertz CT molecular complexity index is 1080. The third kappa shape index (κ3) is 3.93. The van der Waals surface area contributed by atoms with Crippen molar-refractivity contribution >= 4 is 15.7 Å². The number of methoxy groups -OCH3 is 1. The molecule has 3 aromatic rings. The van der Waals surface area contributed by atoms with Crippen LogP contribution in [0.4, 0.5) is 14.5 Å². The minimum atomic E-state index is -3.97. The van der Waals surface area contributed by atoms with Gasteiger partial charge in [-0.2, -0.15) is 0 Å². The van der Waals surface area contributed by atoms with Gasteiger partial charge in [-0.3, -0.25) is 4.72 Å². The second-order valence-corrected chi connectivity index (χ2v) is 7.60. The van der Waals surface area contributed by atoms with Crippen LogP contribution in [0.2, 0.25) is 0 Å². The molecule has 0 aliphatic rings. The van der Waals surface area contributed by atoms with Crippen LogP contribution in [0.1, 0.15) is 5.56 Å². The fourth-order valence-corrected chi connectivity index (χ4v) is 3.75. The Morgan fingerprint density at radius 2 is 1.59 bits per heavy atom. The molecule has 4 nitrogen and oxygen atoms in total. The Kier molecular flexibility index (Phi) is 5.14. The van der Waals surface area contributed by atoms with E-state index in [4.69, 9.17) is 4.74 Å². The average Bonchev–Trinajstić information content (AvgIpc) is 2.65. The van der Waals surface area contributed by atoms with E-state index in [0.717, 1.165) is 17.7 Å². The molecule has 0 amide bonds. The summed E-state index contributed by atoms with van der Waals surface area (Å²) in [7, 11) is -2.47. The molecule has 0 aliphatic heterocycles. The van der Waals surface area contributed by atoms with Crippen LogP contribution in [-0.4, -0.2) is 15.5 Å². The zero-order valence-corrected chi connectivity index (χ0v) is 15.5. The molecule has 3 rings (SSSR count). The van der Waals surface area contributed by atoms with Crippen molar-refractivity contribution in [2.75, 3.05) is 11.8 Å². The summed E-state index contributed by atoms with van der Waals surface area (Å²) in [6.07, 6.45) is 0. The first-order valence-electron chi connectivity index (χ1n) is 8.04.